The van der Waals surface area contributed by atoms with Crippen LogP contribution in [0.25, 0.3) is 0 Å². The van der Waals surface area contributed by atoms with Gasteiger partial charge in [0.2, 0.25) is 0 Å². The van der Waals surface area contributed by atoms with Gasteiger partial charge in [-0.2, -0.15) is 0 Å². The Labute approximate surface area is 91.5 Å². The van der Waals surface area contributed by atoms with Crippen LogP contribution in [0.3, 0.4) is 0 Å². The maximum atomic E-state index is 2.45. The normalized spacial score (nSPS) is 39.0. The summed E-state index contributed by atoms with van der Waals surface area (Å²) >= 11 is 0. The molecule has 0 spiro atoms. The Balaban J connectivity index is 0.000000379. The van der Waals surface area contributed by atoms with E-state index in [-0.39, 0.29) is 0 Å². The lowest BCUT2D eigenvalue weighted by atomic mass is 9.92. The molecule has 2 aliphatic rings. The quantitative estimate of drug-likeness (QED) is 0.506. The molecule has 0 heterocycles. The van der Waals surface area contributed by atoms with Crippen LogP contribution in [0.4, 0.5) is 0 Å². The zero-order valence-corrected chi connectivity index (χ0v) is 11.1. The first kappa shape index (κ1) is 14.0. The SMILES string of the molecule is CC.CC.CC1CC(C)C2CCCC12. The van der Waals surface area contributed by atoms with Gasteiger partial charge in [0, 0.05) is 0 Å². The van der Waals surface area contributed by atoms with E-state index >= 15 is 0 Å². The van der Waals surface area contributed by atoms with Crippen LogP contribution in [0.1, 0.15) is 67.2 Å². The van der Waals surface area contributed by atoms with Gasteiger partial charge in [0.25, 0.3) is 0 Å². The molecule has 0 amide bonds. The molecule has 2 saturated carbocycles. The van der Waals surface area contributed by atoms with Crippen LogP contribution < -0.4 is 0 Å². The molecule has 0 radical (unpaired) electrons. The molecule has 0 aliphatic heterocycles. The van der Waals surface area contributed by atoms with Crippen LogP contribution in [0.15, 0.2) is 0 Å². The fraction of sp³-hybridized carbons (Fsp3) is 1.00. The molecule has 0 aromatic heterocycles. The molecule has 0 nitrogen and oxygen atoms in total. The Morgan fingerprint density at radius 2 is 1.07 bits per heavy atom. The van der Waals surface area contributed by atoms with Gasteiger partial charge in [-0.25, -0.2) is 0 Å². The topological polar surface area (TPSA) is 0 Å². The molecular formula is C14H30. The summed E-state index contributed by atoms with van der Waals surface area (Å²) in [6.07, 6.45) is 6.10. The Bertz CT molecular complexity index is 114. The highest BCUT2D eigenvalue weighted by Crippen LogP contribution is 2.50. The van der Waals surface area contributed by atoms with Crippen molar-refractivity contribution in [1.29, 1.82) is 0 Å². The van der Waals surface area contributed by atoms with Gasteiger partial charge >= 0.3 is 0 Å². The Hall–Kier alpha value is 0. The molecule has 0 N–H and O–H groups in total. The minimum Gasteiger partial charge on any atom is -0.0683 e. The van der Waals surface area contributed by atoms with Crippen molar-refractivity contribution in [3.05, 3.63) is 0 Å². The molecule has 2 aliphatic carbocycles. The summed E-state index contributed by atoms with van der Waals surface area (Å²) in [5, 5.41) is 0. The molecule has 2 rings (SSSR count). The molecule has 0 aromatic carbocycles. The first-order valence-electron chi connectivity index (χ1n) is 6.79. The van der Waals surface area contributed by atoms with Crippen molar-refractivity contribution in [2.45, 2.75) is 67.2 Å². The lowest BCUT2D eigenvalue weighted by Gasteiger charge is -2.13. The van der Waals surface area contributed by atoms with E-state index in [1.54, 1.807) is 0 Å². The van der Waals surface area contributed by atoms with E-state index in [1.165, 1.54) is 25.7 Å². The first-order chi connectivity index (χ1) is 6.79. The van der Waals surface area contributed by atoms with E-state index in [9.17, 15) is 0 Å². The summed E-state index contributed by atoms with van der Waals surface area (Å²) in [7, 11) is 0. The summed E-state index contributed by atoms with van der Waals surface area (Å²) in [6.45, 7) is 12.9. The molecule has 0 heteroatoms. The van der Waals surface area contributed by atoms with Gasteiger partial charge in [-0.05, 0) is 42.9 Å². The van der Waals surface area contributed by atoms with Gasteiger partial charge in [0.15, 0.2) is 0 Å². The monoisotopic (exact) mass is 198 g/mol. The van der Waals surface area contributed by atoms with Crippen LogP contribution in [-0.2, 0) is 0 Å². The Kier molecular flexibility index (Phi) is 7.31. The Morgan fingerprint density at radius 1 is 0.714 bits per heavy atom. The first-order valence-corrected chi connectivity index (χ1v) is 6.79. The van der Waals surface area contributed by atoms with Crippen molar-refractivity contribution < 1.29 is 0 Å². The predicted octanol–water partition coefficient (Wildman–Crippen LogP) is 5.13. The molecule has 4 atom stereocenters. The Morgan fingerprint density at radius 3 is 1.43 bits per heavy atom. The third kappa shape index (κ3) is 3.00. The fourth-order valence-corrected chi connectivity index (χ4v) is 3.37. The van der Waals surface area contributed by atoms with E-state index in [0.29, 0.717) is 0 Å². The number of hydrogen-bond donors (Lipinski definition) is 0. The van der Waals surface area contributed by atoms with Gasteiger partial charge in [-0.15, -0.1) is 0 Å². The summed E-state index contributed by atoms with van der Waals surface area (Å²) < 4.78 is 0. The maximum Gasteiger partial charge on any atom is -0.0357 e. The molecular weight excluding hydrogens is 168 g/mol. The second kappa shape index (κ2) is 7.31. The van der Waals surface area contributed by atoms with E-state index < -0.39 is 0 Å². The molecule has 2 fully saturated rings. The third-order valence-electron chi connectivity index (χ3n) is 3.83. The van der Waals surface area contributed by atoms with Crippen molar-refractivity contribution in [3.8, 4) is 0 Å². The van der Waals surface area contributed by atoms with Gasteiger partial charge < -0.3 is 0 Å². The van der Waals surface area contributed by atoms with E-state index in [2.05, 4.69) is 13.8 Å². The highest BCUT2D eigenvalue weighted by molar-refractivity contribution is 4.90. The standard InChI is InChI=1S/C10H18.2C2H6/c1-7-6-8(2)10-5-3-4-9(7)10;2*1-2/h7-10H,3-6H2,1-2H3;2*1-2H3. The van der Waals surface area contributed by atoms with Gasteiger partial charge in [-0.3, -0.25) is 0 Å². The largest absolute Gasteiger partial charge is 0.0683 e. The molecule has 0 bridgehead atoms. The van der Waals surface area contributed by atoms with E-state index in [4.69, 9.17) is 0 Å². The van der Waals surface area contributed by atoms with E-state index in [1.807, 2.05) is 27.7 Å². The zero-order valence-electron chi connectivity index (χ0n) is 11.1. The fourth-order valence-electron chi connectivity index (χ4n) is 3.37. The zero-order chi connectivity index (χ0) is 11.1. The number of hydrogen-bond acceptors (Lipinski definition) is 0. The van der Waals surface area contributed by atoms with Crippen molar-refractivity contribution in [2.75, 3.05) is 0 Å². The van der Waals surface area contributed by atoms with Gasteiger partial charge in [0.1, 0.15) is 0 Å². The average molecular weight is 198 g/mol. The summed E-state index contributed by atoms with van der Waals surface area (Å²) in [5.74, 6) is 4.33. The highest BCUT2D eigenvalue weighted by Gasteiger charge is 2.40. The number of rotatable bonds is 0. The summed E-state index contributed by atoms with van der Waals surface area (Å²) in [5.41, 5.74) is 0. The molecule has 0 aromatic rings. The van der Waals surface area contributed by atoms with E-state index in [0.717, 1.165) is 23.7 Å². The molecule has 0 saturated heterocycles. The predicted molar refractivity (Wildman–Crippen MR) is 66.5 cm³/mol. The molecule has 86 valence electrons. The third-order valence-corrected chi connectivity index (χ3v) is 3.83. The minimum absolute atomic E-state index is 1.04. The van der Waals surface area contributed by atoms with Crippen LogP contribution in [0, 0.1) is 23.7 Å². The minimum atomic E-state index is 1.04. The van der Waals surface area contributed by atoms with Crippen LogP contribution in [-0.4, -0.2) is 0 Å². The number of fused-ring (bicyclic) bond motifs is 1. The molecule has 14 heavy (non-hydrogen) atoms. The van der Waals surface area contributed by atoms with Crippen molar-refractivity contribution >= 4 is 0 Å². The highest BCUT2D eigenvalue weighted by atomic mass is 14.5. The summed E-state index contributed by atoms with van der Waals surface area (Å²) in [4.78, 5) is 0. The second-order valence-corrected chi connectivity index (χ2v) is 4.45. The smallest absolute Gasteiger partial charge is 0.0357 e. The van der Waals surface area contributed by atoms with Gasteiger partial charge in [-0.1, -0.05) is 48.0 Å². The van der Waals surface area contributed by atoms with Crippen molar-refractivity contribution in [2.24, 2.45) is 23.7 Å². The summed E-state index contributed by atoms with van der Waals surface area (Å²) in [6, 6.07) is 0. The van der Waals surface area contributed by atoms with Crippen molar-refractivity contribution in [1.82, 2.24) is 0 Å². The lowest BCUT2D eigenvalue weighted by Crippen LogP contribution is -2.07. The lowest BCUT2D eigenvalue weighted by molar-refractivity contribution is 0.352. The van der Waals surface area contributed by atoms with Crippen molar-refractivity contribution in [3.63, 3.8) is 0 Å². The molecule has 4 unspecified atom stereocenters. The van der Waals surface area contributed by atoms with Crippen LogP contribution in [0.2, 0.25) is 0 Å². The van der Waals surface area contributed by atoms with Crippen LogP contribution in [0.5, 0.6) is 0 Å². The average Bonchev–Trinajstić information content (AvgIpc) is 2.80. The maximum absolute atomic E-state index is 2.45. The van der Waals surface area contributed by atoms with Gasteiger partial charge in [0.05, 0.1) is 0 Å². The second-order valence-electron chi connectivity index (χ2n) is 4.45. The van der Waals surface area contributed by atoms with Crippen LogP contribution >= 0.6 is 0 Å².